The second-order valence-electron chi connectivity index (χ2n) is 8.92. The molecule has 0 radical (unpaired) electrons. The van der Waals surface area contributed by atoms with Crippen LogP contribution >= 0.6 is 87.7 Å². The molecule has 0 N–H and O–H groups in total. The maximum absolute atomic E-state index is 11.7. The minimum absolute atomic E-state index is 0. The molecule has 6 aromatic heterocycles. The summed E-state index contributed by atoms with van der Waals surface area (Å²) in [4.78, 5) is 55.5. The molecule has 0 aliphatic carbocycles. The van der Waals surface area contributed by atoms with E-state index in [1.165, 1.54) is 0 Å². The van der Waals surface area contributed by atoms with E-state index in [2.05, 4.69) is 68.3 Å². The molecule has 0 unspecified atom stereocenters. The van der Waals surface area contributed by atoms with Crippen LogP contribution in [-0.2, 0) is 9.59 Å². The summed E-state index contributed by atoms with van der Waals surface area (Å²) in [6.07, 6.45) is 0.789. The summed E-state index contributed by atoms with van der Waals surface area (Å²) < 4.78 is 8.17. The summed E-state index contributed by atoms with van der Waals surface area (Å²) in [5, 5.41) is -1.06. The van der Waals surface area contributed by atoms with E-state index in [0.717, 1.165) is 8.87 Å². The zero-order valence-corrected chi connectivity index (χ0v) is 44.0. The van der Waals surface area contributed by atoms with Crippen LogP contribution in [0.25, 0.3) is 17.7 Å². The molecule has 20 heteroatoms. The molecular formula is C34H34AlBCl8O4Se6. The van der Waals surface area contributed by atoms with Crippen LogP contribution in [0.4, 0.5) is 0 Å². The molecule has 0 fully saturated rings. The summed E-state index contributed by atoms with van der Waals surface area (Å²) >= 11 is 25.3. The van der Waals surface area contributed by atoms with Crippen molar-refractivity contribution in [2.24, 2.45) is 0 Å². The van der Waals surface area contributed by atoms with E-state index in [9.17, 15) is 19.2 Å². The van der Waals surface area contributed by atoms with Gasteiger partial charge < -0.3 is 0 Å². The van der Waals surface area contributed by atoms with Crippen LogP contribution in [0.2, 0.25) is 0 Å². The molecule has 0 atom stereocenters. The van der Waals surface area contributed by atoms with Crippen molar-refractivity contribution in [3.05, 3.63) is 111 Å². The molecule has 6 rings (SSSR count). The Morgan fingerprint density at radius 3 is 1.07 bits per heavy atom. The van der Waals surface area contributed by atoms with Crippen LogP contribution in [0.1, 0.15) is 59.0 Å². The number of hydrogen-bond donors (Lipinski definition) is 0. The zero-order valence-electron chi connectivity index (χ0n) is 26.5. The standard InChI is InChI=1S/C12H10O2Se2.C12H8Se3.C4H4Cl2O2.C4H4Se.2CH4.Al.BCl3.3ClH/c13-9(11-3-1-7-15-11)5-6-10(14)12-4-2-8-16-12;1-3-9(13-7-1)11-5-6-12(15-11)10-4-2-8-14-10;5-3(7)1-2-4(6)8;1-2-4-5-3-1;;;;2-1(3)4;;;/h1-4,7-8H,5-6H2;1-8H;1-2H2;1-4H;2*1H4;;;3*1H/q;;;;;;+3;;;;/p-3. The normalized spacial score (nSPS) is 9.04. The SMILES string of the molecule is C.C.ClB(Cl)Cl.O=C(CCC(=O)c1ccc[se]1)c1ccc[se]1.O=C(Cl)CCC(=O)Cl.[Cl][Al]([Cl])[Cl].c1c[se]c(-c2ccc(-c3ccc[se]3)[se]2)c1.c1cc[se]c1. The van der Waals surface area contributed by atoms with Gasteiger partial charge in [0.2, 0.25) is 10.5 Å². The van der Waals surface area contributed by atoms with E-state index in [1.807, 2.05) is 34.1 Å². The predicted molar refractivity (Wildman–Crippen MR) is 247 cm³/mol. The number of rotatable bonds is 10. The molecular weight excluding hydrogens is 1270 g/mol. The van der Waals surface area contributed by atoms with Crippen LogP contribution in [0, 0.1) is 0 Å². The second kappa shape index (κ2) is 36.4. The Balaban J connectivity index is 0. The van der Waals surface area contributed by atoms with Crippen molar-refractivity contribution >= 4 is 213 Å². The Kier molecular flexibility index (Phi) is 38.9. The van der Waals surface area contributed by atoms with Crippen LogP contribution in [0.3, 0.4) is 0 Å². The van der Waals surface area contributed by atoms with Crippen LogP contribution in [0.5, 0.6) is 0 Å². The summed E-state index contributed by atoms with van der Waals surface area (Å²) in [7, 11) is 14.8. The van der Waals surface area contributed by atoms with Gasteiger partial charge >= 0.3 is 266 Å². The van der Waals surface area contributed by atoms with Gasteiger partial charge in [-0.25, -0.2) is 30.1 Å². The molecule has 0 aliphatic rings. The second-order valence-corrected chi connectivity index (χ2v) is 30.1. The molecule has 6 heterocycles. The number of ketones is 2. The van der Waals surface area contributed by atoms with Gasteiger partial charge in [0, 0.05) is 12.8 Å². The fraction of sp³-hybridized carbons (Fsp3) is 0.176. The van der Waals surface area contributed by atoms with E-state index in [-0.39, 0.29) is 68.3 Å². The Morgan fingerprint density at radius 1 is 0.500 bits per heavy atom. The van der Waals surface area contributed by atoms with Gasteiger partial charge in [0.25, 0.3) is 0 Å². The average Bonchev–Trinajstić information content (AvgIpc) is 3.93. The van der Waals surface area contributed by atoms with Crippen molar-refractivity contribution in [3.63, 3.8) is 0 Å². The molecule has 0 spiro atoms. The zero-order chi connectivity index (χ0) is 38.7. The maximum atomic E-state index is 11.7. The van der Waals surface area contributed by atoms with Crippen LogP contribution < -0.4 is 0 Å². The van der Waals surface area contributed by atoms with Gasteiger partial charge in [0.15, 0.2) is 0 Å². The number of halogens is 8. The minimum atomic E-state index is -1.72. The van der Waals surface area contributed by atoms with E-state index in [1.54, 1.807) is 17.7 Å². The van der Waals surface area contributed by atoms with Crippen molar-refractivity contribution in [2.75, 3.05) is 0 Å². The van der Waals surface area contributed by atoms with Crippen LogP contribution in [0.15, 0.2) is 102 Å². The van der Waals surface area contributed by atoms with Crippen molar-refractivity contribution in [2.45, 2.75) is 40.5 Å². The van der Waals surface area contributed by atoms with Gasteiger partial charge in [-0.2, -0.15) is 34.4 Å². The molecule has 0 amide bonds. The Hall–Kier alpha value is 1.59. The van der Waals surface area contributed by atoms with Gasteiger partial charge in [0.05, 0.1) is 0 Å². The van der Waals surface area contributed by atoms with Gasteiger partial charge in [-0.3, -0.25) is 9.59 Å². The fourth-order valence-corrected chi connectivity index (χ4v) is 13.7. The summed E-state index contributed by atoms with van der Waals surface area (Å²) in [6, 6.07) is 25.4. The quantitative estimate of drug-likeness (QED) is 0.0779. The predicted octanol–water partition coefficient (Wildman–Crippen LogP) is 10.5. The third-order valence-corrected chi connectivity index (χ3v) is 18.3. The van der Waals surface area contributed by atoms with Crippen molar-refractivity contribution in [1.29, 1.82) is 0 Å². The van der Waals surface area contributed by atoms with E-state index < -0.39 is 26.8 Å². The molecule has 0 aromatic carbocycles. The molecule has 4 nitrogen and oxygen atoms in total. The first-order chi connectivity index (χ1) is 24.8. The summed E-state index contributed by atoms with van der Waals surface area (Å²) in [5.74, 6) is 0.273. The van der Waals surface area contributed by atoms with Crippen LogP contribution in [-0.4, -0.2) is 125 Å². The number of carbonyl (C=O) groups excluding carboxylic acids is 4. The van der Waals surface area contributed by atoms with E-state index in [0.29, 0.717) is 70.9 Å². The van der Waals surface area contributed by atoms with Gasteiger partial charge in [-0.15, -0.1) is 0 Å². The van der Waals surface area contributed by atoms with Gasteiger partial charge in [0.1, 0.15) is 0 Å². The number of Topliss-reactive ketones (excluding diaryl/α,β-unsaturated/α-hetero) is 2. The third-order valence-electron chi connectivity index (χ3n) is 5.25. The first-order valence-electron chi connectivity index (χ1n) is 14.3. The van der Waals surface area contributed by atoms with E-state index >= 15 is 0 Å². The molecule has 0 saturated carbocycles. The molecule has 292 valence electrons. The summed E-state index contributed by atoms with van der Waals surface area (Å²) in [6.45, 7) is 0. The van der Waals surface area contributed by atoms with Gasteiger partial charge in [-0.05, 0) is 23.2 Å². The molecule has 0 bridgehead atoms. The molecule has 0 aliphatic heterocycles. The number of carbonyl (C=O) groups is 4. The molecule has 54 heavy (non-hydrogen) atoms. The topological polar surface area (TPSA) is 68.3 Å². The molecule has 0 saturated heterocycles. The fourth-order valence-electron chi connectivity index (χ4n) is 3.21. The first-order valence-corrected chi connectivity index (χ1v) is 32.7. The van der Waals surface area contributed by atoms with Crippen molar-refractivity contribution in [3.8, 4) is 17.7 Å². The van der Waals surface area contributed by atoms with Gasteiger partial charge in [-0.1, -0.05) is 14.9 Å². The number of hydrogen-bond acceptors (Lipinski definition) is 4. The average molecular weight is 1300 g/mol. The first kappa shape index (κ1) is 57.7. The van der Waals surface area contributed by atoms with Crippen molar-refractivity contribution < 1.29 is 19.2 Å². The Labute approximate surface area is 396 Å². The van der Waals surface area contributed by atoms with E-state index in [4.69, 9.17) is 87.7 Å². The van der Waals surface area contributed by atoms with Crippen molar-refractivity contribution in [1.82, 2.24) is 0 Å². The Morgan fingerprint density at radius 2 is 0.833 bits per heavy atom. The third kappa shape index (κ3) is 30.6. The molecule has 6 aromatic rings. The monoisotopic (exact) mass is 1300 g/mol. The summed E-state index contributed by atoms with van der Waals surface area (Å²) in [5.41, 5.74) is 0. The Bertz CT molecular complexity index is 1630.